The maximum atomic E-state index is 12.2. The van der Waals surface area contributed by atoms with Gasteiger partial charge in [-0.2, -0.15) is 0 Å². The van der Waals surface area contributed by atoms with E-state index >= 15 is 0 Å². The van der Waals surface area contributed by atoms with Crippen molar-refractivity contribution in [3.05, 3.63) is 24.6 Å². The molecule has 0 aromatic rings. The SMILES string of the molecule is CCCN(CC(N)=N/C=C/C#C/C=C/N=C(N)CN(CCC)C(=O)CNC(=O)OC)C(=O)CNC(=O)OC. The van der Waals surface area contributed by atoms with Crippen LogP contribution in [0.4, 0.5) is 9.59 Å². The molecule has 0 saturated heterocycles. The number of hydrogen-bond acceptors (Lipinski definition) is 8. The van der Waals surface area contributed by atoms with Gasteiger partial charge in [-0.3, -0.25) is 9.59 Å². The molecule has 0 heterocycles. The Hall–Kier alpha value is -4.54. The molecule has 0 rings (SSSR count). The number of aliphatic imine (C=N–C) groups is 2. The molecule has 0 bridgehead atoms. The fraction of sp³-hybridized carbons (Fsp3) is 0.500. The number of methoxy groups -OCH3 is 2. The molecule has 14 nitrogen and oxygen atoms in total. The van der Waals surface area contributed by atoms with E-state index in [1.54, 1.807) is 0 Å². The fourth-order valence-electron chi connectivity index (χ4n) is 2.70. The zero-order chi connectivity index (χ0) is 28.8. The third-order valence-corrected chi connectivity index (χ3v) is 4.42. The lowest BCUT2D eigenvalue weighted by Gasteiger charge is -2.21. The van der Waals surface area contributed by atoms with Gasteiger partial charge in [0.25, 0.3) is 0 Å². The number of carbonyl (C=O) groups is 4. The van der Waals surface area contributed by atoms with Crippen molar-refractivity contribution < 1.29 is 28.7 Å². The highest BCUT2D eigenvalue weighted by Gasteiger charge is 2.16. The maximum absolute atomic E-state index is 12.2. The lowest BCUT2D eigenvalue weighted by Crippen LogP contribution is -2.44. The fourth-order valence-corrected chi connectivity index (χ4v) is 2.70. The van der Waals surface area contributed by atoms with Crippen LogP contribution >= 0.6 is 0 Å². The molecule has 0 aliphatic carbocycles. The van der Waals surface area contributed by atoms with E-state index in [9.17, 15) is 19.2 Å². The van der Waals surface area contributed by atoms with Gasteiger partial charge in [0.1, 0.15) is 24.8 Å². The van der Waals surface area contributed by atoms with Crippen LogP contribution in [0.2, 0.25) is 0 Å². The summed E-state index contributed by atoms with van der Waals surface area (Å²) in [5.41, 5.74) is 11.8. The second-order valence-electron chi connectivity index (χ2n) is 7.48. The van der Waals surface area contributed by atoms with Gasteiger partial charge in [-0.25, -0.2) is 19.6 Å². The number of nitrogens with two attached hydrogens (primary N) is 2. The van der Waals surface area contributed by atoms with E-state index < -0.39 is 12.2 Å². The lowest BCUT2D eigenvalue weighted by atomic mass is 10.3. The molecule has 0 spiro atoms. The molecule has 0 atom stereocenters. The summed E-state index contributed by atoms with van der Waals surface area (Å²) < 4.78 is 8.89. The number of alkyl carbamates (subject to hydrolysis) is 2. The first-order valence-electron chi connectivity index (χ1n) is 11.8. The normalized spacial score (nSPS) is 11.5. The van der Waals surface area contributed by atoms with Crippen LogP contribution in [0.1, 0.15) is 26.7 Å². The second kappa shape index (κ2) is 20.6. The van der Waals surface area contributed by atoms with Crippen LogP contribution in [0.3, 0.4) is 0 Å². The number of rotatable bonds is 14. The van der Waals surface area contributed by atoms with E-state index in [0.717, 1.165) is 0 Å². The zero-order valence-electron chi connectivity index (χ0n) is 22.4. The van der Waals surface area contributed by atoms with Gasteiger partial charge in [0.2, 0.25) is 11.8 Å². The van der Waals surface area contributed by atoms with Gasteiger partial charge < -0.3 is 41.4 Å². The Labute approximate surface area is 223 Å². The van der Waals surface area contributed by atoms with Crippen molar-refractivity contribution in [1.82, 2.24) is 20.4 Å². The van der Waals surface area contributed by atoms with Gasteiger partial charge in [-0.05, 0) is 12.8 Å². The highest BCUT2D eigenvalue weighted by Crippen LogP contribution is 1.95. The van der Waals surface area contributed by atoms with Gasteiger partial charge >= 0.3 is 12.2 Å². The molecule has 0 aliphatic rings. The van der Waals surface area contributed by atoms with Crippen molar-refractivity contribution in [2.24, 2.45) is 21.5 Å². The highest BCUT2D eigenvalue weighted by atomic mass is 16.5. The van der Waals surface area contributed by atoms with Crippen molar-refractivity contribution >= 4 is 35.7 Å². The minimum Gasteiger partial charge on any atom is -0.453 e. The van der Waals surface area contributed by atoms with Crippen LogP contribution in [0.25, 0.3) is 0 Å². The number of nitrogens with zero attached hydrogens (tertiary/aromatic N) is 4. The summed E-state index contributed by atoms with van der Waals surface area (Å²) in [5.74, 6) is 5.20. The minimum absolute atomic E-state index is 0.0947. The summed E-state index contributed by atoms with van der Waals surface area (Å²) in [6.07, 6.45) is 5.74. The van der Waals surface area contributed by atoms with Crippen LogP contribution in [0.5, 0.6) is 0 Å². The van der Waals surface area contributed by atoms with Crippen molar-refractivity contribution in [3.63, 3.8) is 0 Å². The average Bonchev–Trinajstić information content (AvgIpc) is 2.90. The van der Waals surface area contributed by atoms with Gasteiger partial charge in [-0.1, -0.05) is 25.7 Å². The monoisotopic (exact) mass is 534 g/mol. The molecule has 0 fully saturated rings. The molecule has 0 aliphatic heterocycles. The molecular formula is C24H38N8O6. The Morgan fingerprint density at radius 3 is 1.45 bits per heavy atom. The zero-order valence-corrected chi connectivity index (χ0v) is 22.4. The van der Waals surface area contributed by atoms with E-state index in [2.05, 4.69) is 41.9 Å². The largest absolute Gasteiger partial charge is 0.453 e. The van der Waals surface area contributed by atoms with Gasteiger partial charge in [-0.15, -0.1) is 0 Å². The molecule has 0 aromatic heterocycles. The van der Waals surface area contributed by atoms with E-state index in [-0.39, 0.29) is 49.7 Å². The van der Waals surface area contributed by atoms with Crippen LogP contribution < -0.4 is 22.1 Å². The topological polar surface area (TPSA) is 194 Å². The van der Waals surface area contributed by atoms with E-state index in [1.165, 1.54) is 48.6 Å². The Morgan fingerprint density at radius 1 is 0.763 bits per heavy atom. The Balaban J connectivity index is 4.81. The number of nitrogens with one attached hydrogen (secondary N) is 2. The number of amidine groups is 2. The first-order valence-corrected chi connectivity index (χ1v) is 11.8. The van der Waals surface area contributed by atoms with Crippen molar-refractivity contribution in [2.45, 2.75) is 26.7 Å². The van der Waals surface area contributed by atoms with Gasteiger partial charge in [0.15, 0.2) is 0 Å². The first kappa shape index (κ1) is 33.5. The summed E-state index contributed by atoms with van der Waals surface area (Å²) in [7, 11) is 2.42. The lowest BCUT2D eigenvalue weighted by molar-refractivity contribution is -0.130. The van der Waals surface area contributed by atoms with Crippen molar-refractivity contribution in [3.8, 4) is 11.8 Å². The first-order chi connectivity index (χ1) is 18.2. The van der Waals surface area contributed by atoms with Crippen LogP contribution in [-0.2, 0) is 19.1 Å². The number of ether oxygens (including phenoxy) is 2. The standard InChI is InChI=1S/C24H38N8O6/c1-5-13-31(21(33)15-29-23(35)37-3)17-19(25)27-11-9-7-8-10-12-28-20(26)18-32(14-6-2)22(34)16-30-24(36)38-4/h9-12H,5-6,13-18H2,1-4H3,(H2,25,27)(H2,26,28)(H,29,35)(H,30,36)/b11-9+,12-10+. The molecule has 0 aromatic carbocycles. The average molecular weight is 535 g/mol. The molecule has 0 saturated carbocycles. The third kappa shape index (κ3) is 16.2. The van der Waals surface area contributed by atoms with E-state index in [1.807, 2.05) is 13.8 Å². The predicted octanol–water partition coefficient (Wildman–Crippen LogP) is -0.0792. The van der Waals surface area contributed by atoms with Crippen molar-refractivity contribution in [1.29, 1.82) is 0 Å². The molecule has 210 valence electrons. The molecule has 14 heteroatoms. The van der Waals surface area contributed by atoms with E-state index in [0.29, 0.717) is 25.9 Å². The number of amides is 4. The highest BCUT2D eigenvalue weighted by molar-refractivity contribution is 5.90. The predicted molar refractivity (Wildman–Crippen MR) is 144 cm³/mol. The molecule has 0 radical (unpaired) electrons. The summed E-state index contributed by atoms with van der Waals surface area (Å²) >= 11 is 0. The third-order valence-electron chi connectivity index (χ3n) is 4.42. The van der Waals surface area contributed by atoms with Crippen LogP contribution in [-0.4, -0.2) is 99.0 Å². The van der Waals surface area contributed by atoms with Gasteiger partial charge in [0, 0.05) is 37.6 Å². The second-order valence-corrected chi connectivity index (χ2v) is 7.48. The molecule has 4 amide bonds. The Kier molecular flexibility index (Phi) is 18.2. The maximum Gasteiger partial charge on any atom is 0.407 e. The quantitative estimate of drug-likeness (QED) is 0.135. The number of hydrogen-bond donors (Lipinski definition) is 4. The van der Waals surface area contributed by atoms with E-state index in [4.69, 9.17) is 11.5 Å². The number of allylic oxidation sites excluding steroid dienone is 2. The van der Waals surface area contributed by atoms with Gasteiger partial charge in [0.05, 0.1) is 27.3 Å². The van der Waals surface area contributed by atoms with Crippen molar-refractivity contribution in [2.75, 3.05) is 53.5 Å². The molecular weight excluding hydrogens is 496 g/mol. The Bertz CT molecular complexity index is 891. The number of carbonyl (C=O) groups excluding carboxylic acids is 4. The summed E-state index contributed by atoms with van der Waals surface area (Å²) in [4.78, 5) is 57.8. The molecule has 6 N–H and O–H groups in total. The minimum atomic E-state index is -0.695. The van der Waals surface area contributed by atoms with Crippen LogP contribution in [0.15, 0.2) is 34.5 Å². The molecule has 0 unspecified atom stereocenters. The summed E-state index contributed by atoms with van der Waals surface area (Å²) in [6, 6.07) is 0. The summed E-state index contributed by atoms with van der Waals surface area (Å²) in [5, 5.41) is 4.67. The molecule has 38 heavy (non-hydrogen) atoms. The summed E-state index contributed by atoms with van der Waals surface area (Å²) in [6.45, 7) is 4.49. The smallest absolute Gasteiger partial charge is 0.407 e. The van der Waals surface area contributed by atoms with Crippen LogP contribution in [0, 0.1) is 11.8 Å². The Morgan fingerprint density at radius 2 is 1.13 bits per heavy atom.